The summed E-state index contributed by atoms with van der Waals surface area (Å²) in [6, 6.07) is 5.64. The van der Waals surface area contributed by atoms with Gasteiger partial charge < -0.3 is 0 Å². The van der Waals surface area contributed by atoms with Crippen LogP contribution in [0.2, 0.25) is 0 Å². The first-order chi connectivity index (χ1) is 7.18. The van der Waals surface area contributed by atoms with Gasteiger partial charge in [0.2, 0.25) is 10.0 Å². The van der Waals surface area contributed by atoms with Crippen LogP contribution in [-0.4, -0.2) is 22.6 Å². The van der Waals surface area contributed by atoms with E-state index in [4.69, 9.17) is 15.8 Å². The van der Waals surface area contributed by atoms with Crippen molar-refractivity contribution in [1.82, 2.24) is 0 Å². The van der Waals surface area contributed by atoms with Crippen LogP contribution in [0.5, 0.6) is 0 Å². The predicted molar refractivity (Wildman–Crippen MR) is 61.2 cm³/mol. The largest absolute Gasteiger partial charge is 0.261 e. The van der Waals surface area contributed by atoms with Crippen molar-refractivity contribution in [2.45, 2.75) is 11.3 Å². The van der Waals surface area contributed by atoms with E-state index in [0.29, 0.717) is 5.56 Å². The van der Waals surface area contributed by atoms with Crippen molar-refractivity contribution in [2.24, 2.45) is 5.14 Å². The fourth-order valence-electron chi connectivity index (χ4n) is 1.08. The summed E-state index contributed by atoms with van der Waals surface area (Å²) in [5, 5.41) is 4.84. The number of primary sulfonamides is 1. The molecule has 0 bridgehead atoms. The third kappa shape index (κ3) is 4.48. The highest BCUT2D eigenvalue weighted by molar-refractivity contribution is 8.13. The number of rotatable bonds is 4. The van der Waals surface area contributed by atoms with E-state index in [0.717, 1.165) is 0 Å². The Bertz CT molecular complexity index is 563. The second-order valence-electron chi connectivity index (χ2n) is 3.20. The molecule has 2 N–H and O–H groups in total. The first-order valence-electron chi connectivity index (χ1n) is 4.22. The van der Waals surface area contributed by atoms with Gasteiger partial charge in [0.15, 0.2) is 0 Å². The molecule has 0 saturated heterocycles. The number of nitrogens with two attached hydrogens (primary N) is 1. The molecule has 16 heavy (non-hydrogen) atoms. The Balaban J connectivity index is 2.81. The monoisotopic (exact) mass is 283 g/mol. The van der Waals surface area contributed by atoms with Crippen molar-refractivity contribution < 1.29 is 16.8 Å². The molecule has 0 heterocycles. The highest BCUT2D eigenvalue weighted by Crippen LogP contribution is 2.15. The van der Waals surface area contributed by atoms with Gasteiger partial charge in [0, 0.05) is 10.7 Å². The lowest BCUT2D eigenvalue weighted by Gasteiger charge is -2.01. The molecule has 5 nitrogen and oxygen atoms in total. The first kappa shape index (κ1) is 13.4. The van der Waals surface area contributed by atoms with Gasteiger partial charge in [0.1, 0.15) is 0 Å². The maximum absolute atomic E-state index is 10.9. The number of aryl methyl sites for hydroxylation is 1. The van der Waals surface area contributed by atoms with E-state index in [-0.39, 0.29) is 17.1 Å². The molecular formula is C8H10ClNO4S2. The smallest absolute Gasteiger partial charge is 0.229 e. The minimum absolute atomic E-state index is 0.0199. The van der Waals surface area contributed by atoms with Crippen molar-refractivity contribution in [3.63, 3.8) is 0 Å². The summed E-state index contributed by atoms with van der Waals surface area (Å²) in [4.78, 5) is -0.0199. The molecular weight excluding hydrogens is 274 g/mol. The third-order valence-corrected chi connectivity index (χ3v) is 4.02. The Labute approximate surface area is 98.7 Å². The molecule has 0 aliphatic carbocycles. The summed E-state index contributed by atoms with van der Waals surface area (Å²) in [5.41, 5.74) is 0.679. The Morgan fingerprint density at radius 2 is 1.56 bits per heavy atom. The van der Waals surface area contributed by atoms with Gasteiger partial charge in [-0.25, -0.2) is 22.0 Å². The minimum Gasteiger partial charge on any atom is -0.229 e. The van der Waals surface area contributed by atoms with Gasteiger partial charge in [0.25, 0.3) is 9.05 Å². The average molecular weight is 284 g/mol. The highest BCUT2D eigenvalue weighted by Gasteiger charge is 2.09. The Hall–Kier alpha value is -0.630. The Kier molecular flexibility index (Phi) is 3.95. The molecule has 1 aromatic carbocycles. The zero-order valence-electron chi connectivity index (χ0n) is 8.13. The maximum Gasteiger partial charge on any atom is 0.261 e. The van der Waals surface area contributed by atoms with Gasteiger partial charge >= 0.3 is 0 Å². The average Bonchev–Trinajstić information content (AvgIpc) is 2.13. The highest BCUT2D eigenvalue weighted by atomic mass is 35.7. The summed E-state index contributed by atoms with van der Waals surface area (Å²) in [6.45, 7) is 0. The van der Waals surface area contributed by atoms with Gasteiger partial charge in [-0.05, 0) is 24.1 Å². The van der Waals surface area contributed by atoms with E-state index in [1.165, 1.54) is 24.3 Å². The lowest BCUT2D eigenvalue weighted by Crippen LogP contribution is -2.17. The summed E-state index contributed by atoms with van der Waals surface area (Å²) in [5.74, 6) is -0.181. The molecule has 0 fully saturated rings. The quantitative estimate of drug-likeness (QED) is 0.812. The van der Waals surface area contributed by atoms with Gasteiger partial charge in [-0.1, -0.05) is 12.1 Å². The Morgan fingerprint density at radius 1 is 1.06 bits per heavy atom. The van der Waals surface area contributed by atoms with Crippen LogP contribution < -0.4 is 5.14 Å². The first-order valence-corrected chi connectivity index (χ1v) is 8.25. The lowest BCUT2D eigenvalue weighted by atomic mass is 10.2. The third-order valence-electron chi connectivity index (χ3n) is 1.88. The van der Waals surface area contributed by atoms with Gasteiger partial charge in [0.05, 0.1) is 10.6 Å². The van der Waals surface area contributed by atoms with Crippen LogP contribution in [0.15, 0.2) is 29.2 Å². The molecule has 0 aromatic heterocycles. The number of hydrogen-bond donors (Lipinski definition) is 1. The van der Waals surface area contributed by atoms with Gasteiger partial charge in [-0.3, -0.25) is 0 Å². The van der Waals surface area contributed by atoms with E-state index < -0.39 is 19.1 Å². The predicted octanol–water partition coefficient (Wildman–Crippen LogP) is 0.445. The number of halogens is 1. The molecule has 8 heteroatoms. The van der Waals surface area contributed by atoms with Crippen LogP contribution in [0.3, 0.4) is 0 Å². The zero-order valence-corrected chi connectivity index (χ0v) is 10.5. The molecule has 0 spiro atoms. The molecule has 1 aromatic rings. The number of hydrogen-bond acceptors (Lipinski definition) is 4. The summed E-state index contributed by atoms with van der Waals surface area (Å²) < 4.78 is 43.2. The molecule has 0 atom stereocenters. The fourth-order valence-corrected chi connectivity index (χ4v) is 2.37. The van der Waals surface area contributed by atoms with Crippen LogP contribution in [0.1, 0.15) is 5.56 Å². The van der Waals surface area contributed by atoms with Crippen molar-refractivity contribution in [1.29, 1.82) is 0 Å². The standard InChI is InChI=1S/C8H10ClNO4S2/c9-16(13,14)8-3-1-7(2-4-8)5-6-15(10,11)12/h1-4H,5-6H2,(H2,10,11,12). The Morgan fingerprint density at radius 3 is 1.94 bits per heavy atom. The van der Waals surface area contributed by atoms with Crippen LogP contribution in [0.25, 0.3) is 0 Å². The second-order valence-corrected chi connectivity index (χ2v) is 7.50. The molecule has 0 aliphatic rings. The molecule has 1 rings (SSSR count). The number of benzene rings is 1. The van der Waals surface area contributed by atoms with E-state index in [1.807, 2.05) is 0 Å². The molecule has 0 saturated carbocycles. The minimum atomic E-state index is -3.73. The van der Waals surface area contributed by atoms with Crippen LogP contribution >= 0.6 is 10.7 Å². The van der Waals surface area contributed by atoms with Gasteiger partial charge in [-0.15, -0.1) is 0 Å². The summed E-state index contributed by atoms with van der Waals surface area (Å²) in [7, 11) is -2.12. The van der Waals surface area contributed by atoms with Crippen LogP contribution in [0.4, 0.5) is 0 Å². The summed E-state index contributed by atoms with van der Waals surface area (Å²) >= 11 is 0. The van der Waals surface area contributed by atoms with Crippen LogP contribution in [0, 0.1) is 0 Å². The van der Waals surface area contributed by atoms with Crippen molar-refractivity contribution in [3.05, 3.63) is 29.8 Å². The molecule has 0 unspecified atom stereocenters. The van der Waals surface area contributed by atoms with E-state index in [1.54, 1.807) is 0 Å². The molecule has 90 valence electrons. The normalized spacial score (nSPS) is 12.6. The molecule has 0 aliphatic heterocycles. The SMILES string of the molecule is NS(=O)(=O)CCc1ccc(S(=O)(=O)Cl)cc1. The maximum atomic E-state index is 10.9. The molecule has 0 amide bonds. The fraction of sp³-hybridized carbons (Fsp3) is 0.250. The second kappa shape index (κ2) is 4.70. The topological polar surface area (TPSA) is 94.3 Å². The van der Waals surface area contributed by atoms with Crippen molar-refractivity contribution in [2.75, 3.05) is 5.75 Å². The van der Waals surface area contributed by atoms with Crippen molar-refractivity contribution >= 4 is 29.8 Å². The van der Waals surface area contributed by atoms with E-state index in [9.17, 15) is 16.8 Å². The van der Waals surface area contributed by atoms with Gasteiger partial charge in [-0.2, -0.15) is 0 Å². The van der Waals surface area contributed by atoms with E-state index >= 15 is 0 Å². The van der Waals surface area contributed by atoms with Crippen molar-refractivity contribution in [3.8, 4) is 0 Å². The van der Waals surface area contributed by atoms with Crippen LogP contribution in [-0.2, 0) is 25.5 Å². The zero-order chi connectivity index (χ0) is 12.4. The van der Waals surface area contributed by atoms with E-state index in [2.05, 4.69) is 0 Å². The lowest BCUT2D eigenvalue weighted by molar-refractivity contribution is 0.596. The number of sulfonamides is 1. The summed E-state index contributed by atoms with van der Waals surface area (Å²) in [6.07, 6.45) is 0.238. The molecule has 0 radical (unpaired) electrons.